The molecule has 0 aliphatic rings. The number of methoxy groups -OCH3 is 1. The van der Waals surface area contributed by atoms with Crippen molar-refractivity contribution in [2.75, 3.05) is 13.8 Å². The van der Waals surface area contributed by atoms with E-state index < -0.39 is 0 Å². The number of ether oxygens (including phenoxy) is 1. The van der Waals surface area contributed by atoms with Gasteiger partial charge in [0.15, 0.2) is 0 Å². The fourth-order valence-electron chi connectivity index (χ4n) is 1.56. The Labute approximate surface area is 85.8 Å². The normalized spacial score (nSPS) is 12.5. The number of alkyl halides is 1. The molecule has 0 heterocycles. The van der Waals surface area contributed by atoms with Crippen molar-refractivity contribution in [3.05, 3.63) is 0 Å². The highest BCUT2D eigenvalue weighted by Crippen LogP contribution is 2.17. The molecule has 0 fully saturated rings. The topological polar surface area (TPSA) is 26.3 Å². The van der Waals surface area contributed by atoms with Gasteiger partial charge in [0.1, 0.15) is 0 Å². The molecule has 84 valence electrons. The molecule has 0 rings (SSSR count). The van der Waals surface area contributed by atoms with E-state index in [1.165, 1.54) is 7.11 Å². The summed E-state index contributed by atoms with van der Waals surface area (Å²) in [6.07, 6.45) is 5.10. The number of hydrogen-bond acceptors (Lipinski definition) is 2. The van der Waals surface area contributed by atoms with Crippen molar-refractivity contribution >= 4 is 5.97 Å². The first-order chi connectivity index (χ1) is 6.76. The number of carbonyl (C=O) groups is 1. The number of carbonyl (C=O) groups excluding carboxylic acids is 1. The van der Waals surface area contributed by atoms with Crippen molar-refractivity contribution in [2.45, 2.75) is 45.4 Å². The van der Waals surface area contributed by atoms with Crippen molar-refractivity contribution in [3.8, 4) is 0 Å². The molecule has 0 aliphatic heterocycles. The first-order valence-electron chi connectivity index (χ1n) is 5.40. The van der Waals surface area contributed by atoms with Crippen LogP contribution in [-0.2, 0) is 9.53 Å². The average molecular weight is 204 g/mol. The van der Waals surface area contributed by atoms with E-state index in [4.69, 9.17) is 4.74 Å². The SMILES string of the molecule is CCCC(CCCCCF)C(=O)OC. The van der Waals surface area contributed by atoms with Crippen molar-refractivity contribution < 1.29 is 13.9 Å². The summed E-state index contributed by atoms with van der Waals surface area (Å²) in [6, 6.07) is 0. The summed E-state index contributed by atoms with van der Waals surface area (Å²) in [5, 5.41) is 0. The van der Waals surface area contributed by atoms with Crippen molar-refractivity contribution in [1.29, 1.82) is 0 Å². The largest absolute Gasteiger partial charge is 0.469 e. The van der Waals surface area contributed by atoms with Gasteiger partial charge in [-0.05, 0) is 19.3 Å². The first kappa shape index (κ1) is 13.4. The second-order valence-corrected chi connectivity index (χ2v) is 3.55. The monoisotopic (exact) mass is 204 g/mol. The third-order valence-corrected chi connectivity index (χ3v) is 2.36. The lowest BCUT2D eigenvalue weighted by atomic mass is 9.97. The summed E-state index contributed by atoms with van der Waals surface area (Å²) in [5.41, 5.74) is 0. The van der Waals surface area contributed by atoms with E-state index in [2.05, 4.69) is 6.92 Å². The van der Waals surface area contributed by atoms with E-state index in [0.717, 1.165) is 32.1 Å². The smallest absolute Gasteiger partial charge is 0.308 e. The average Bonchev–Trinajstić information content (AvgIpc) is 2.21. The van der Waals surface area contributed by atoms with Gasteiger partial charge in [-0.15, -0.1) is 0 Å². The van der Waals surface area contributed by atoms with Crippen molar-refractivity contribution in [3.63, 3.8) is 0 Å². The number of halogens is 1. The maximum Gasteiger partial charge on any atom is 0.308 e. The summed E-state index contributed by atoms with van der Waals surface area (Å²) in [7, 11) is 1.42. The molecule has 2 nitrogen and oxygen atoms in total. The van der Waals surface area contributed by atoms with Gasteiger partial charge in [-0.1, -0.05) is 26.2 Å². The third-order valence-electron chi connectivity index (χ3n) is 2.36. The fraction of sp³-hybridized carbons (Fsp3) is 0.909. The van der Waals surface area contributed by atoms with Gasteiger partial charge in [0.25, 0.3) is 0 Å². The van der Waals surface area contributed by atoms with Crippen molar-refractivity contribution in [1.82, 2.24) is 0 Å². The molecule has 14 heavy (non-hydrogen) atoms. The molecule has 0 aromatic rings. The lowest BCUT2D eigenvalue weighted by Gasteiger charge is -2.12. The Kier molecular flexibility index (Phi) is 8.59. The van der Waals surface area contributed by atoms with Gasteiger partial charge >= 0.3 is 5.97 Å². The van der Waals surface area contributed by atoms with Crippen LogP contribution in [0.25, 0.3) is 0 Å². The highest BCUT2D eigenvalue weighted by molar-refractivity contribution is 5.72. The zero-order chi connectivity index (χ0) is 10.8. The molecule has 0 N–H and O–H groups in total. The molecule has 0 saturated carbocycles. The lowest BCUT2D eigenvalue weighted by Crippen LogP contribution is -2.15. The lowest BCUT2D eigenvalue weighted by molar-refractivity contribution is -0.146. The van der Waals surface area contributed by atoms with Crippen molar-refractivity contribution in [2.24, 2.45) is 5.92 Å². The quantitative estimate of drug-likeness (QED) is 0.448. The molecule has 1 unspecified atom stereocenters. The van der Waals surface area contributed by atoms with E-state index >= 15 is 0 Å². The Morgan fingerprint density at radius 3 is 2.50 bits per heavy atom. The highest BCUT2D eigenvalue weighted by Gasteiger charge is 2.16. The molecule has 0 radical (unpaired) electrons. The predicted octanol–water partition coefficient (Wildman–Crippen LogP) is 3.11. The van der Waals surface area contributed by atoms with Crippen LogP contribution in [0, 0.1) is 5.92 Å². The molecule has 0 aromatic carbocycles. The Morgan fingerprint density at radius 1 is 1.29 bits per heavy atom. The molecule has 3 heteroatoms. The van der Waals surface area contributed by atoms with Gasteiger partial charge in [0.2, 0.25) is 0 Å². The van der Waals surface area contributed by atoms with Gasteiger partial charge in [-0.25, -0.2) is 0 Å². The summed E-state index contributed by atoms with van der Waals surface area (Å²) >= 11 is 0. The van der Waals surface area contributed by atoms with E-state index in [0.29, 0.717) is 6.42 Å². The molecular formula is C11H21FO2. The van der Waals surface area contributed by atoms with E-state index in [9.17, 15) is 9.18 Å². The van der Waals surface area contributed by atoms with Gasteiger partial charge in [0.05, 0.1) is 19.7 Å². The molecule has 0 amide bonds. The standard InChI is InChI=1S/C11H21FO2/c1-3-7-10(11(13)14-2)8-5-4-6-9-12/h10H,3-9H2,1-2H3. The van der Waals surface area contributed by atoms with Gasteiger partial charge in [0, 0.05) is 0 Å². The molecule has 1 atom stereocenters. The van der Waals surface area contributed by atoms with Crippen LogP contribution in [0.5, 0.6) is 0 Å². The number of esters is 1. The van der Waals surface area contributed by atoms with Crippen LogP contribution >= 0.6 is 0 Å². The molecular weight excluding hydrogens is 183 g/mol. The molecule has 0 bridgehead atoms. The summed E-state index contributed by atoms with van der Waals surface area (Å²) in [6.45, 7) is 1.80. The van der Waals surface area contributed by atoms with E-state index in [1.807, 2.05) is 0 Å². The minimum Gasteiger partial charge on any atom is -0.469 e. The van der Waals surface area contributed by atoms with Crippen LogP contribution in [0.2, 0.25) is 0 Å². The Bertz CT molecular complexity index is 148. The second kappa shape index (κ2) is 8.97. The van der Waals surface area contributed by atoms with Crippen LogP contribution < -0.4 is 0 Å². The van der Waals surface area contributed by atoms with Crippen LogP contribution in [0.3, 0.4) is 0 Å². The molecule has 0 spiro atoms. The fourth-order valence-corrected chi connectivity index (χ4v) is 1.56. The molecule has 0 saturated heterocycles. The van der Waals surface area contributed by atoms with E-state index in [-0.39, 0.29) is 18.6 Å². The highest BCUT2D eigenvalue weighted by atomic mass is 19.1. The molecule has 0 aliphatic carbocycles. The maximum absolute atomic E-state index is 11.8. The Morgan fingerprint density at radius 2 is 2.00 bits per heavy atom. The van der Waals surface area contributed by atoms with E-state index in [1.54, 1.807) is 0 Å². The number of rotatable bonds is 8. The van der Waals surface area contributed by atoms with Crippen LogP contribution in [0.15, 0.2) is 0 Å². The Balaban J connectivity index is 3.67. The first-order valence-corrected chi connectivity index (χ1v) is 5.40. The van der Waals surface area contributed by atoms with Gasteiger partial charge in [-0.2, -0.15) is 0 Å². The third kappa shape index (κ3) is 5.95. The second-order valence-electron chi connectivity index (χ2n) is 3.55. The Hall–Kier alpha value is -0.600. The van der Waals surface area contributed by atoms with Crippen LogP contribution in [-0.4, -0.2) is 19.8 Å². The minimum atomic E-state index is -0.253. The zero-order valence-corrected chi connectivity index (χ0v) is 9.22. The summed E-state index contributed by atoms with van der Waals surface area (Å²) in [5.74, 6) is -0.100. The number of unbranched alkanes of at least 4 members (excludes halogenated alkanes) is 2. The molecule has 0 aromatic heterocycles. The summed E-state index contributed by atoms with van der Waals surface area (Å²) < 4.78 is 16.5. The van der Waals surface area contributed by atoms with Crippen LogP contribution in [0.1, 0.15) is 45.4 Å². The zero-order valence-electron chi connectivity index (χ0n) is 9.22. The predicted molar refractivity (Wildman–Crippen MR) is 54.9 cm³/mol. The number of hydrogen-bond donors (Lipinski definition) is 0. The summed E-state index contributed by atoms with van der Waals surface area (Å²) in [4.78, 5) is 11.3. The van der Waals surface area contributed by atoms with Crippen LogP contribution in [0.4, 0.5) is 4.39 Å². The van der Waals surface area contributed by atoms with Gasteiger partial charge < -0.3 is 4.74 Å². The minimum absolute atomic E-state index is 0.0182. The van der Waals surface area contributed by atoms with Gasteiger partial charge in [-0.3, -0.25) is 9.18 Å². The maximum atomic E-state index is 11.8.